The van der Waals surface area contributed by atoms with Gasteiger partial charge in [0.1, 0.15) is 5.75 Å². The maximum Gasteiger partial charge on any atom is 0.262 e. The molecule has 0 unspecified atom stereocenters. The Labute approximate surface area is 203 Å². The molecular formula is C25H23ClN2O5S. The zero-order valence-electron chi connectivity index (χ0n) is 18.2. The first kappa shape index (κ1) is 23.8. The van der Waals surface area contributed by atoms with Gasteiger partial charge in [0.05, 0.1) is 17.1 Å². The number of amides is 1. The molecule has 0 spiro atoms. The normalized spacial score (nSPS) is 14.9. The first-order valence-electron chi connectivity index (χ1n) is 10.7. The summed E-state index contributed by atoms with van der Waals surface area (Å²) in [4.78, 5) is 27.3. The Morgan fingerprint density at radius 2 is 1.62 bits per heavy atom. The number of ketones is 1. The van der Waals surface area contributed by atoms with Gasteiger partial charge in [0.25, 0.3) is 5.91 Å². The molecule has 0 saturated carbocycles. The molecule has 1 fully saturated rings. The van der Waals surface area contributed by atoms with Crippen molar-refractivity contribution in [1.82, 2.24) is 0 Å². The number of ether oxygens (including phenoxy) is 1. The number of benzene rings is 3. The lowest BCUT2D eigenvalue weighted by molar-refractivity contribution is -0.118. The van der Waals surface area contributed by atoms with Gasteiger partial charge in [-0.15, -0.1) is 0 Å². The molecule has 9 heteroatoms. The summed E-state index contributed by atoms with van der Waals surface area (Å²) in [6, 6.07) is 20.6. The van der Waals surface area contributed by atoms with Crippen LogP contribution in [0.3, 0.4) is 0 Å². The minimum Gasteiger partial charge on any atom is -0.483 e. The van der Waals surface area contributed by atoms with Crippen LogP contribution in [0.2, 0.25) is 5.02 Å². The van der Waals surface area contributed by atoms with Crippen LogP contribution < -0.4 is 15.0 Å². The third kappa shape index (κ3) is 5.95. The third-order valence-electron chi connectivity index (χ3n) is 5.44. The summed E-state index contributed by atoms with van der Waals surface area (Å²) in [5.41, 5.74) is 2.25. The van der Waals surface area contributed by atoms with Crippen LogP contribution in [-0.2, 0) is 14.6 Å². The number of halogens is 1. The fourth-order valence-electron chi connectivity index (χ4n) is 3.62. The summed E-state index contributed by atoms with van der Waals surface area (Å²) in [7, 11) is -2.94. The molecule has 3 aromatic carbocycles. The van der Waals surface area contributed by atoms with E-state index >= 15 is 0 Å². The maximum absolute atomic E-state index is 12.9. The Kier molecular flexibility index (Phi) is 7.19. The molecule has 1 aliphatic rings. The van der Waals surface area contributed by atoms with E-state index in [1.54, 1.807) is 48.5 Å². The Hall–Kier alpha value is -3.36. The average molecular weight is 499 g/mol. The molecule has 0 bridgehead atoms. The van der Waals surface area contributed by atoms with Crippen molar-refractivity contribution in [3.63, 3.8) is 0 Å². The highest BCUT2D eigenvalue weighted by molar-refractivity contribution is 7.91. The lowest BCUT2D eigenvalue weighted by Crippen LogP contribution is -2.40. The second-order valence-electron chi connectivity index (χ2n) is 7.86. The minimum absolute atomic E-state index is 0.141. The number of nitrogens with one attached hydrogen (secondary N) is 1. The summed E-state index contributed by atoms with van der Waals surface area (Å²) in [5, 5.41) is 3.15. The molecule has 0 aliphatic carbocycles. The monoisotopic (exact) mass is 498 g/mol. The number of carbonyl (C=O) groups excluding carboxylic acids is 2. The molecule has 0 radical (unpaired) electrons. The van der Waals surface area contributed by atoms with E-state index < -0.39 is 9.84 Å². The molecule has 4 rings (SSSR count). The van der Waals surface area contributed by atoms with Crippen LogP contribution in [-0.4, -0.2) is 51.3 Å². The highest BCUT2D eigenvalue weighted by atomic mass is 35.5. The average Bonchev–Trinajstić information content (AvgIpc) is 2.84. The van der Waals surface area contributed by atoms with Crippen LogP contribution >= 0.6 is 11.6 Å². The van der Waals surface area contributed by atoms with E-state index in [-0.39, 0.29) is 41.1 Å². The number of rotatable bonds is 7. The van der Waals surface area contributed by atoms with Crippen LogP contribution in [0.25, 0.3) is 0 Å². The molecular weight excluding hydrogens is 476 g/mol. The van der Waals surface area contributed by atoms with E-state index in [9.17, 15) is 18.0 Å². The van der Waals surface area contributed by atoms with Gasteiger partial charge in [0.15, 0.2) is 22.2 Å². The molecule has 7 nitrogen and oxygen atoms in total. The van der Waals surface area contributed by atoms with Crippen LogP contribution in [0.5, 0.6) is 5.75 Å². The van der Waals surface area contributed by atoms with Gasteiger partial charge in [-0.25, -0.2) is 8.42 Å². The van der Waals surface area contributed by atoms with Crippen LogP contribution in [0.15, 0.2) is 72.8 Å². The molecule has 1 saturated heterocycles. The van der Waals surface area contributed by atoms with Crippen molar-refractivity contribution in [2.45, 2.75) is 0 Å². The first-order chi connectivity index (χ1) is 16.3. The van der Waals surface area contributed by atoms with Crippen molar-refractivity contribution in [3.05, 3.63) is 88.9 Å². The molecule has 1 aliphatic heterocycles. The predicted octanol–water partition coefficient (Wildman–Crippen LogP) is 3.82. The van der Waals surface area contributed by atoms with E-state index in [1.807, 2.05) is 23.1 Å². The Balaban J connectivity index is 1.37. The number of hydrogen-bond donors (Lipinski definition) is 1. The fraction of sp³-hybridized carbons (Fsp3) is 0.200. The van der Waals surface area contributed by atoms with Gasteiger partial charge in [-0.05, 0) is 42.5 Å². The van der Waals surface area contributed by atoms with Crippen molar-refractivity contribution in [3.8, 4) is 5.75 Å². The van der Waals surface area contributed by atoms with Gasteiger partial charge < -0.3 is 15.0 Å². The van der Waals surface area contributed by atoms with E-state index in [1.165, 1.54) is 6.07 Å². The predicted molar refractivity (Wildman–Crippen MR) is 133 cm³/mol. The van der Waals surface area contributed by atoms with E-state index in [4.69, 9.17) is 16.3 Å². The summed E-state index contributed by atoms with van der Waals surface area (Å²) in [5.74, 6) is -0.0850. The highest BCUT2D eigenvalue weighted by Crippen LogP contribution is 2.26. The zero-order valence-corrected chi connectivity index (χ0v) is 19.8. The quantitative estimate of drug-likeness (QED) is 0.498. The minimum atomic E-state index is -2.94. The number of hydrogen-bond acceptors (Lipinski definition) is 6. The number of carbonyl (C=O) groups is 2. The summed E-state index contributed by atoms with van der Waals surface area (Å²) in [6.45, 7) is 0.614. The van der Waals surface area contributed by atoms with Gasteiger partial charge in [0, 0.05) is 35.1 Å². The standard InChI is InChI=1S/C25H23ClN2O5S/c26-19-6-11-23(22(16-19)25(30)18-4-2-1-3-5-18)33-17-24(29)27-20-7-9-21(10-8-20)28-12-14-34(31,32)15-13-28/h1-11,16H,12-15,17H2,(H,27,29). The van der Waals surface area contributed by atoms with Crippen molar-refractivity contribution in [1.29, 1.82) is 0 Å². The van der Waals surface area contributed by atoms with Crippen molar-refractivity contribution >= 4 is 44.5 Å². The number of nitrogens with zero attached hydrogens (tertiary/aromatic N) is 1. The van der Waals surface area contributed by atoms with Gasteiger partial charge in [-0.2, -0.15) is 0 Å². The Morgan fingerprint density at radius 1 is 0.941 bits per heavy atom. The molecule has 176 valence electrons. The molecule has 1 amide bonds. The molecule has 1 N–H and O–H groups in total. The van der Waals surface area contributed by atoms with Gasteiger partial charge in [0.2, 0.25) is 0 Å². The first-order valence-corrected chi connectivity index (χ1v) is 12.9. The van der Waals surface area contributed by atoms with Gasteiger partial charge in [-0.3, -0.25) is 9.59 Å². The lowest BCUT2D eigenvalue weighted by Gasteiger charge is -2.28. The Bertz CT molecular complexity index is 1280. The van der Waals surface area contributed by atoms with Crippen molar-refractivity contribution < 1.29 is 22.7 Å². The molecule has 0 aromatic heterocycles. The van der Waals surface area contributed by atoms with Crippen molar-refractivity contribution in [2.24, 2.45) is 0 Å². The number of anilines is 2. The SMILES string of the molecule is O=C(COc1ccc(Cl)cc1C(=O)c1ccccc1)Nc1ccc(N2CCS(=O)(=O)CC2)cc1. The van der Waals surface area contributed by atoms with E-state index in [2.05, 4.69) is 5.32 Å². The van der Waals surface area contributed by atoms with E-state index in [0.29, 0.717) is 29.4 Å². The van der Waals surface area contributed by atoms with E-state index in [0.717, 1.165) is 5.69 Å². The fourth-order valence-corrected chi connectivity index (χ4v) is 4.99. The molecule has 0 atom stereocenters. The topological polar surface area (TPSA) is 92.8 Å². The van der Waals surface area contributed by atoms with Crippen molar-refractivity contribution in [2.75, 3.05) is 41.4 Å². The van der Waals surface area contributed by atoms with Crippen LogP contribution in [0, 0.1) is 0 Å². The lowest BCUT2D eigenvalue weighted by atomic mass is 10.0. The summed E-state index contributed by atoms with van der Waals surface area (Å²) < 4.78 is 28.9. The maximum atomic E-state index is 12.9. The number of sulfone groups is 1. The van der Waals surface area contributed by atoms with Crippen LogP contribution in [0.1, 0.15) is 15.9 Å². The zero-order chi connectivity index (χ0) is 24.1. The van der Waals surface area contributed by atoms with Gasteiger partial charge in [-0.1, -0.05) is 41.9 Å². The highest BCUT2D eigenvalue weighted by Gasteiger charge is 2.22. The van der Waals surface area contributed by atoms with Crippen LogP contribution in [0.4, 0.5) is 11.4 Å². The molecule has 3 aromatic rings. The summed E-state index contributed by atoms with van der Waals surface area (Å²) in [6.07, 6.45) is 0. The largest absolute Gasteiger partial charge is 0.483 e. The van der Waals surface area contributed by atoms with Gasteiger partial charge >= 0.3 is 0 Å². The second kappa shape index (κ2) is 10.3. The smallest absolute Gasteiger partial charge is 0.262 e. The summed E-state index contributed by atoms with van der Waals surface area (Å²) >= 11 is 6.08. The second-order valence-corrected chi connectivity index (χ2v) is 10.6. The third-order valence-corrected chi connectivity index (χ3v) is 7.29. The molecule has 1 heterocycles. The molecule has 34 heavy (non-hydrogen) atoms. The Morgan fingerprint density at radius 3 is 2.29 bits per heavy atom.